The van der Waals surface area contributed by atoms with E-state index < -0.39 is 5.60 Å². The second-order valence-electron chi connectivity index (χ2n) is 11.5. The summed E-state index contributed by atoms with van der Waals surface area (Å²) in [6.07, 6.45) is 9.76. The minimum atomic E-state index is -0.508. The smallest absolute Gasteiger partial charge is 0.139 e. The molecule has 5 rings (SSSR count). The van der Waals surface area contributed by atoms with Crippen molar-refractivity contribution in [2.45, 2.75) is 94.7 Å². The second-order valence-corrected chi connectivity index (χ2v) is 13.1. The van der Waals surface area contributed by atoms with Crippen LogP contribution in [0.3, 0.4) is 0 Å². The van der Waals surface area contributed by atoms with E-state index in [0.29, 0.717) is 34.7 Å². The number of aliphatic hydroxyl groups is 1. The van der Waals surface area contributed by atoms with E-state index in [1.807, 2.05) is 0 Å². The molecule has 1 aliphatic heterocycles. The first-order valence-electron chi connectivity index (χ1n) is 11.9. The monoisotopic (exact) mass is 405 g/mol. The van der Waals surface area contributed by atoms with Gasteiger partial charge in [0.2, 0.25) is 0 Å². The quantitative estimate of drug-likeness (QED) is 0.714. The van der Waals surface area contributed by atoms with Crippen LogP contribution in [0, 0.1) is 34.5 Å². The summed E-state index contributed by atoms with van der Waals surface area (Å²) in [7, 11) is 0. The molecule has 0 bridgehead atoms. The third-order valence-electron chi connectivity index (χ3n) is 10.2. The van der Waals surface area contributed by atoms with E-state index in [2.05, 4.69) is 37.8 Å². The van der Waals surface area contributed by atoms with Gasteiger partial charge in [0.1, 0.15) is 5.78 Å². The number of fused-ring (bicyclic) bond motifs is 5. The van der Waals surface area contributed by atoms with Gasteiger partial charge in [-0.1, -0.05) is 20.8 Å². The topological polar surface area (TPSA) is 49.3 Å². The number of Topliss-reactive ketones (excluding diaryl/α,β-unsaturated/α-hetero) is 1. The molecule has 158 valence electrons. The molecule has 5 aliphatic rings. The van der Waals surface area contributed by atoms with E-state index in [9.17, 15) is 9.90 Å². The molecule has 3 nitrogen and oxygen atoms in total. The van der Waals surface area contributed by atoms with Gasteiger partial charge in [0, 0.05) is 28.9 Å². The normalized spacial score (nSPS) is 56.2. The molecule has 28 heavy (non-hydrogen) atoms. The standard InChI is InChI=1S/C24H39NO2S/c1-15-12-24(27)13-16(28-17-8-11-25-14-17)6-10-23(24,3)19-7-9-22(2)18(21(15)19)4-5-20(22)26/h15-19,21,25,27H,4-14H2,1-3H3/t15-,16-,17?,18+,19+,21+,22+,23-,24-/m1/s1. The van der Waals surface area contributed by atoms with Gasteiger partial charge in [-0.15, -0.1) is 0 Å². The van der Waals surface area contributed by atoms with Gasteiger partial charge in [-0.05, 0) is 87.0 Å². The molecule has 9 atom stereocenters. The largest absolute Gasteiger partial charge is 0.389 e. The molecule has 1 saturated heterocycles. The summed E-state index contributed by atoms with van der Waals surface area (Å²) in [5.41, 5.74) is -0.530. The van der Waals surface area contributed by atoms with Crippen molar-refractivity contribution in [2.75, 3.05) is 13.1 Å². The molecule has 4 aliphatic carbocycles. The number of nitrogens with one attached hydrogen (secondary N) is 1. The summed E-state index contributed by atoms with van der Waals surface area (Å²) >= 11 is 2.16. The van der Waals surface area contributed by atoms with Crippen molar-refractivity contribution in [3.05, 3.63) is 0 Å². The highest BCUT2D eigenvalue weighted by Crippen LogP contribution is 2.68. The molecular weight excluding hydrogens is 366 g/mol. The zero-order valence-corrected chi connectivity index (χ0v) is 18.8. The predicted octanol–water partition coefficient (Wildman–Crippen LogP) is 4.42. The van der Waals surface area contributed by atoms with Crippen molar-refractivity contribution < 1.29 is 9.90 Å². The first kappa shape index (κ1) is 19.9. The summed E-state index contributed by atoms with van der Waals surface area (Å²) in [6, 6.07) is 0. The van der Waals surface area contributed by atoms with Crippen LogP contribution in [0.15, 0.2) is 0 Å². The maximum absolute atomic E-state index is 12.7. The molecule has 0 aromatic heterocycles. The lowest BCUT2D eigenvalue weighted by atomic mass is 9.42. The van der Waals surface area contributed by atoms with Crippen molar-refractivity contribution in [3.8, 4) is 0 Å². The predicted molar refractivity (Wildman–Crippen MR) is 115 cm³/mol. The Labute approximate surface area is 175 Å². The molecule has 2 N–H and O–H groups in total. The maximum Gasteiger partial charge on any atom is 0.139 e. The Morgan fingerprint density at radius 1 is 1.04 bits per heavy atom. The fourth-order valence-corrected chi connectivity index (χ4v) is 10.2. The molecule has 1 unspecified atom stereocenters. The van der Waals surface area contributed by atoms with Crippen LogP contribution in [-0.4, -0.2) is 40.1 Å². The van der Waals surface area contributed by atoms with E-state index in [0.717, 1.165) is 56.9 Å². The fourth-order valence-electron chi connectivity index (χ4n) is 8.56. The molecule has 1 heterocycles. The Morgan fingerprint density at radius 3 is 2.61 bits per heavy atom. The highest BCUT2D eigenvalue weighted by molar-refractivity contribution is 8.00. The van der Waals surface area contributed by atoms with Crippen molar-refractivity contribution in [3.63, 3.8) is 0 Å². The first-order valence-corrected chi connectivity index (χ1v) is 12.8. The molecule has 0 aromatic rings. The number of carbonyl (C=O) groups excluding carboxylic acids is 1. The summed E-state index contributed by atoms with van der Waals surface area (Å²) < 4.78 is 0. The van der Waals surface area contributed by atoms with Gasteiger partial charge in [0.05, 0.1) is 5.60 Å². The zero-order chi connectivity index (χ0) is 19.7. The lowest BCUT2D eigenvalue weighted by molar-refractivity contribution is -0.217. The summed E-state index contributed by atoms with van der Waals surface area (Å²) in [5.74, 6) is 2.87. The SMILES string of the molecule is C[C@@H]1C[C@@]2(O)C[C@H](SC3CCNC3)CC[C@]2(C)[C@H]2CC[C@]3(C)C(=O)CC[C@H]3[C@H]12. The highest BCUT2D eigenvalue weighted by Gasteiger charge is 2.66. The third-order valence-corrected chi connectivity index (χ3v) is 11.8. The molecular formula is C24H39NO2S. The average molecular weight is 406 g/mol. The van der Waals surface area contributed by atoms with Gasteiger partial charge in [-0.2, -0.15) is 11.8 Å². The fraction of sp³-hybridized carbons (Fsp3) is 0.958. The third kappa shape index (κ3) is 2.73. The second kappa shape index (κ2) is 6.72. The Morgan fingerprint density at radius 2 is 1.86 bits per heavy atom. The van der Waals surface area contributed by atoms with Gasteiger partial charge >= 0.3 is 0 Å². The summed E-state index contributed by atoms with van der Waals surface area (Å²) in [6.45, 7) is 9.38. The summed E-state index contributed by atoms with van der Waals surface area (Å²) in [5, 5.41) is 16.9. The number of hydrogen-bond acceptors (Lipinski definition) is 4. The van der Waals surface area contributed by atoms with Gasteiger partial charge in [-0.3, -0.25) is 4.79 Å². The molecule has 0 amide bonds. The minimum absolute atomic E-state index is 0.0438. The number of ketones is 1. The van der Waals surface area contributed by atoms with Gasteiger partial charge in [0.15, 0.2) is 0 Å². The van der Waals surface area contributed by atoms with Crippen LogP contribution < -0.4 is 5.32 Å². The van der Waals surface area contributed by atoms with Crippen LogP contribution in [-0.2, 0) is 4.79 Å². The van der Waals surface area contributed by atoms with E-state index in [1.54, 1.807) is 0 Å². The highest BCUT2D eigenvalue weighted by atomic mass is 32.2. The lowest BCUT2D eigenvalue weighted by Gasteiger charge is -2.65. The molecule has 0 spiro atoms. The number of carbonyl (C=O) groups is 1. The molecule has 4 heteroatoms. The van der Waals surface area contributed by atoms with Gasteiger partial charge < -0.3 is 10.4 Å². The van der Waals surface area contributed by atoms with Crippen molar-refractivity contribution in [2.24, 2.45) is 34.5 Å². The lowest BCUT2D eigenvalue weighted by Crippen LogP contribution is -2.64. The first-order chi connectivity index (χ1) is 13.3. The Balaban J connectivity index is 1.39. The molecule has 0 aromatic carbocycles. The number of thioether (sulfide) groups is 1. The average Bonchev–Trinajstić information content (AvgIpc) is 3.25. The maximum atomic E-state index is 12.7. The van der Waals surface area contributed by atoms with Crippen LogP contribution in [0.1, 0.15) is 78.6 Å². The van der Waals surface area contributed by atoms with E-state index >= 15 is 0 Å². The summed E-state index contributed by atoms with van der Waals surface area (Å²) in [4.78, 5) is 12.7. The Kier molecular flexibility index (Phi) is 4.77. The molecule has 5 fully saturated rings. The van der Waals surface area contributed by atoms with Gasteiger partial charge in [0.25, 0.3) is 0 Å². The Bertz CT molecular complexity index is 649. The van der Waals surface area contributed by atoms with Crippen LogP contribution in [0.4, 0.5) is 0 Å². The number of rotatable bonds is 2. The van der Waals surface area contributed by atoms with Crippen molar-refractivity contribution in [1.82, 2.24) is 5.32 Å². The molecule has 4 saturated carbocycles. The van der Waals surface area contributed by atoms with E-state index in [1.165, 1.54) is 19.3 Å². The molecule has 0 radical (unpaired) electrons. The van der Waals surface area contributed by atoms with Crippen LogP contribution in [0.25, 0.3) is 0 Å². The van der Waals surface area contributed by atoms with Crippen LogP contribution in [0.5, 0.6) is 0 Å². The Hall–Kier alpha value is -0.0600. The van der Waals surface area contributed by atoms with Crippen molar-refractivity contribution in [1.29, 1.82) is 0 Å². The van der Waals surface area contributed by atoms with Crippen LogP contribution >= 0.6 is 11.8 Å². The van der Waals surface area contributed by atoms with Crippen molar-refractivity contribution >= 4 is 17.5 Å². The van der Waals surface area contributed by atoms with Crippen LogP contribution in [0.2, 0.25) is 0 Å². The minimum Gasteiger partial charge on any atom is -0.389 e. The van der Waals surface area contributed by atoms with E-state index in [4.69, 9.17) is 0 Å². The number of hydrogen-bond donors (Lipinski definition) is 2. The van der Waals surface area contributed by atoms with Gasteiger partial charge in [-0.25, -0.2) is 0 Å². The zero-order valence-electron chi connectivity index (χ0n) is 18.0. The van der Waals surface area contributed by atoms with E-state index in [-0.39, 0.29) is 10.8 Å².